The number of hydrogen-bond acceptors (Lipinski definition) is 7. The van der Waals surface area contributed by atoms with Crippen LogP contribution in [-0.4, -0.2) is 87.4 Å². The Kier molecular flexibility index (Phi) is 50.0. The van der Waals surface area contributed by atoms with Crippen molar-refractivity contribution in [3.05, 3.63) is 36.5 Å². The average Bonchev–Trinajstić information content (AvgIpc) is 3.31. The van der Waals surface area contributed by atoms with Crippen molar-refractivity contribution < 1.29 is 42.9 Å². The van der Waals surface area contributed by atoms with Crippen LogP contribution < -0.4 is 0 Å². The molecule has 9 nitrogen and oxygen atoms in total. The summed E-state index contributed by atoms with van der Waals surface area (Å²) in [5.41, 5.74) is 0. The van der Waals surface area contributed by atoms with Gasteiger partial charge < -0.3 is 28.5 Å². The van der Waals surface area contributed by atoms with E-state index in [9.17, 15) is 19.5 Å². The number of ether oxygens (including phenoxy) is 4. The standard InChI is InChI=1S/C60H111NO8/c1-6-8-10-12-14-16-18-20-21-22-23-24-25-26-27-28-29-30-31-32-33-34-35-36-37-39-41-43-45-47-49-51-58(63)69-56(55-68-60(59(64)65)66-53-52-61(3,4)5)54-67-57(62)50-48-46-44-42-40-38-19-17-15-13-11-9-7-2/h18,20,22-23,25-26,56,60H,6-17,19,21,24,27-55H2,1-5H3/p+1/b20-18-,23-22-,26-25-. The molecule has 0 rings (SSSR count). The molecule has 0 aromatic heterocycles. The number of allylic oxidation sites excluding steroid dienone is 6. The van der Waals surface area contributed by atoms with E-state index in [1.165, 1.54) is 193 Å². The van der Waals surface area contributed by atoms with Gasteiger partial charge in [0, 0.05) is 12.8 Å². The van der Waals surface area contributed by atoms with Crippen molar-refractivity contribution >= 4 is 17.9 Å². The van der Waals surface area contributed by atoms with Crippen molar-refractivity contribution in [3.8, 4) is 0 Å². The zero-order valence-electron chi connectivity index (χ0n) is 46.0. The summed E-state index contributed by atoms with van der Waals surface area (Å²) >= 11 is 0. The van der Waals surface area contributed by atoms with Crippen LogP contribution in [0.15, 0.2) is 36.5 Å². The zero-order chi connectivity index (χ0) is 50.6. The number of quaternary nitrogens is 1. The first kappa shape index (κ1) is 66.5. The molecule has 0 bridgehead atoms. The number of aliphatic carboxylic acids is 1. The lowest BCUT2D eigenvalue weighted by Crippen LogP contribution is -2.40. The van der Waals surface area contributed by atoms with Crippen LogP contribution in [0.25, 0.3) is 0 Å². The van der Waals surface area contributed by atoms with E-state index in [1.54, 1.807) is 0 Å². The van der Waals surface area contributed by atoms with Gasteiger partial charge in [0.15, 0.2) is 6.10 Å². The number of carboxylic acids is 1. The average molecular weight is 976 g/mol. The molecule has 2 unspecified atom stereocenters. The second-order valence-corrected chi connectivity index (χ2v) is 21.0. The minimum Gasteiger partial charge on any atom is -0.477 e. The van der Waals surface area contributed by atoms with E-state index in [0.29, 0.717) is 17.4 Å². The number of likely N-dealkylation sites (N-methyl/N-ethyl adjacent to an activating group) is 1. The first-order valence-electron chi connectivity index (χ1n) is 29.2. The van der Waals surface area contributed by atoms with E-state index in [-0.39, 0.29) is 32.2 Å². The number of unbranched alkanes of at least 4 members (excludes halogenated alkanes) is 33. The summed E-state index contributed by atoms with van der Waals surface area (Å²) in [6.07, 6.45) is 59.4. The Morgan fingerprint density at radius 2 is 0.783 bits per heavy atom. The molecule has 404 valence electrons. The Morgan fingerprint density at radius 1 is 0.435 bits per heavy atom. The Labute approximate surface area is 426 Å². The van der Waals surface area contributed by atoms with Gasteiger partial charge in [-0.2, -0.15) is 0 Å². The van der Waals surface area contributed by atoms with Gasteiger partial charge in [-0.15, -0.1) is 0 Å². The van der Waals surface area contributed by atoms with Gasteiger partial charge in [0.05, 0.1) is 34.4 Å². The van der Waals surface area contributed by atoms with E-state index in [1.807, 2.05) is 21.1 Å². The van der Waals surface area contributed by atoms with E-state index >= 15 is 0 Å². The van der Waals surface area contributed by atoms with Crippen molar-refractivity contribution in [2.45, 2.75) is 283 Å². The molecule has 0 saturated carbocycles. The van der Waals surface area contributed by atoms with E-state index in [0.717, 1.165) is 51.4 Å². The summed E-state index contributed by atoms with van der Waals surface area (Å²) in [4.78, 5) is 37.3. The summed E-state index contributed by atoms with van der Waals surface area (Å²) in [6, 6.07) is 0. The highest BCUT2D eigenvalue weighted by Gasteiger charge is 2.25. The fourth-order valence-electron chi connectivity index (χ4n) is 8.38. The van der Waals surface area contributed by atoms with Crippen molar-refractivity contribution in [2.75, 3.05) is 47.5 Å². The molecular formula is C60H112NO8+. The topological polar surface area (TPSA) is 108 Å². The monoisotopic (exact) mass is 975 g/mol. The van der Waals surface area contributed by atoms with E-state index < -0.39 is 24.3 Å². The van der Waals surface area contributed by atoms with E-state index in [2.05, 4.69) is 50.3 Å². The predicted octanol–water partition coefficient (Wildman–Crippen LogP) is 16.9. The van der Waals surface area contributed by atoms with Crippen LogP contribution in [0.4, 0.5) is 0 Å². The molecule has 0 aliphatic carbocycles. The minimum absolute atomic E-state index is 0.177. The van der Waals surface area contributed by atoms with Crippen LogP contribution in [0, 0.1) is 0 Å². The van der Waals surface area contributed by atoms with Gasteiger partial charge in [0.2, 0.25) is 0 Å². The van der Waals surface area contributed by atoms with Crippen LogP contribution in [0.3, 0.4) is 0 Å². The lowest BCUT2D eigenvalue weighted by atomic mass is 10.0. The number of carboxylic acid groups (broad SMARTS) is 1. The van der Waals surface area contributed by atoms with Crippen LogP contribution >= 0.6 is 0 Å². The summed E-state index contributed by atoms with van der Waals surface area (Å²) in [6.45, 7) is 4.89. The Hall–Kier alpha value is -2.49. The van der Waals surface area contributed by atoms with Gasteiger partial charge in [-0.3, -0.25) is 9.59 Å². The molecule has 69 heavy (non-hydrogen) atoms. The van der Waals surface area contributed by atoms with Gasteiger partial charge >= 0.3 is 17.9 Å². The summed E-state index contributed by atoms with van der Waals surface area (Å²) in [5, 5.41) is 9.68. The molecule has 0 saturated heterocycles. The van der Waals surface area contributed by atoms with Crippen LogP contribution in [0.1, 0.15) is 271 Å². The van der Waals surface area contributed by atoms with Crippen molar-refractivity contribution in [1.82, 2.24) is 0 Å². The number of carbonyl (C=O) groups is 3. The number of esters is 2. The fourth-order valence-corrected chi connectivity index (χ4v) is 8.38. The van der Waals surface area contributed by atoms with Crippen LogP contribution in [0.2, 0.25) is 0 Å². The maximum Gasteiger partial charge on any atom is 0.361 e. The fraction of sp³-hybridized carbons (Fsp3) is 0.850. The summed E-state index contributed by atoms with van der Waals surface area (Å²) in [5.74, 6) is -1.99. The lowest BCUT2D eigenvalue weighted by Gasteiger charge is -2.25. The van der Waals surface area contributed by atoms with Crippen molar-refractivity contribution in [3.63, 3.8) is 0 Å². The van der Waals surface area contributed by atoms with E-state index in [4.69, 9.17) is 18.9 Å². The number of carbonyl (C=O) groups excluding carboxylic acids is 2. The molecule has 0 aromatic carbocycles. The Balaban J connectivity index is 4.10. The van der Waals surface area contributed by atoms with Gasteiger partial charge in [-0.25, -0.2) is 4.79 Å². The number of hydrogen-bond donors (Lipinski definition) is 1. The highest BCUT2D eigenvalue weighted by atomic mass is 16.7. The zero-order valence-corrected chi connectivity index (χ0v) is 46.0. The van der Waals surface area contributed by atoms with Crippen molar-refractivity contribution in [1.29, 1.82) is 0 Å². The maximum atomic E-state index is 12.9. The molecule has 1 N–H and O–H groups in total. The second-order valence-electron chi connectivity index (χ2n) is 21.0. The molecule has 0 aliphatic rings. The molecule has 2 atom stereocenters. The highest BCUT2D eigenvalue weighted by molar-refractivity contribution is 5.71. The second kappa shape index (κ2) is 51.9. The van der Waals surface area contributed by atoms with Gasteiger partial charge in [0.25, 0.3) is 6.29 Å². The largest absolute Gasteiger partial charge is 0.477 e. The molecule has 0 fully saturated rings. The normalized spacial score (nSPS) is 13.0. The van der Waals surface area contributed by atoms with Crippen molar-refractivity contribution in [2.24, 2.45) is 0 Å². The quantitative estimate of drug-likeness (QED) is 0.0211. The molecule has 0 spiro atoms. The third-order valence-corrected chi connectivity index (χ3v) is 12.9. The molecule has 0 amide bonds. The minimum atomic E-state index is -1.51. The lowest BCUT2D eigenvalue weighted by molar-refractivity contribution is -0.870. The Bertz CT molecular complexity index is 1230. The SMILES string of the molecule is CCCCCCC/C=C\C/C=C\C/C=C\CCCCCCCCCCCCCCCCCCC(=O)OC(COC(=O)CCCCCCCCCCCCCCC)COC(OCC[N+](C)(C)C)C(=O)O. The first-order chi connectivity index (χ1) is 33.6. The summed E-state index contributed by atoms with van der Waals surface area (Å²) in [7, 11) is 5.97. The molecular weight excluding hydrogens is 863 g/mol. The third-order valence-electron chi connectivity index (χ3n) is 12.9. The first-order valence-corrected chi connectivity index (χ1v) is 29.2. The molecule has 0 radical (unpaired) electrons. The Morgan fingerprint density at radius 3 is 1.16 bits per heavy atom. The van der Waals surface area contributed by atoms with Crippen LogP contribution in [-0.2, 0) is 33.3 Å². The van der Waals surface area contributed by atoms with Gasteiger partial charge in [-0.05, 0) is 51.4 Å². The third kappa shape index (κ3) is 53.1. The summed E-state index contributed by atoms with van der Waals surface area (Å²) < 4.78 is 22.9. The van der Waals surface area contributed by atoms with Gasteiger partial charge in [0.1, 0.15) is 13.2 Å². The molecule has 0 aromatic rings. The molecule has 0 aliphatic heterocycles. The predicted molar refractivity (Wildman–Crippen MR) is 291 cm³/mol. The number of rotatable bonds is 54. The number of nitrogens with zero attached hydrogens (tertiary/aromatic N) is 1. The molecule has 0 heterocycles. The van der Waals surface area contributed by atoms with Gasteiger partial charge in [-0.1, -0.05) is 243 Å². The van der Waals surface area contributed by atoms with Crippen LogP contribution in [0.5, 0.6) is 0 Å². The highest BCUT2D eigenvalue weighted by Crippen LogP contribution is 2.17. The maximum absolute atomic E-state index is 12.9. The molecule has 9 heteroatoms. The smallest absolute Gasteiger partial charge is 0.361 e.